The van der Waals surface area contributed by atoms with Crippen molar-refractivity contribution in [1.29, 1.82) is 0 Å². The summed E-state index contributed by atoms with van der Waals surface area (Å²) in [6.45, 7) is 0. The van der Waals surface area contributed by atoms with Crippen molar-refractivity contribution in [3.05, 3.63) is 33.8 Å². The maximum Gasteiger partial charge on any atom is 0.407 e. The molecule has 0 aliphatic carbocycles. The molecule has 1 atom stereocenters. The Morgan fingerprint density at radius 2 is 1.57 bits per heavy atom. The van der Waals surface area contributed by atoms with Crippen LogP contribution < -0.4 is 5.73 Å². The molecule has 0 heterocycles. The van der Waals surface area contributed by atoms with Crippen LogP contribution in [0.4, 0.5) is 13.2 Å². The first-order valence-corrected chi connectivity index (χ1v) is 4.36. The van der Waals surface area contributed by atoms with Crippen molar-refractivity contribution in [2.24, 2.45) is 5.73 Å². The molecule has 0 radical (unpaired) electrons. The zero-order valence-electron chi connectivity index (χ0n) is 6.78. The number of rotatable bonds is 1. The van der Waals surface area contributed by atoms with Crippen molar-refractivity contribution in [3.8, 4) is 0 Å². The summed E-state index contributed by atoms with van der Waals surface area (Å²) in [5.41, 5.74) is 4.69. The van der Waals surface area contributed by atoms with E-state index in [1.165, 1.54) is 18.2 Å². The highest BCUT2D eigenvalue weighted by Crippen LogP contribution is 2.37. The normalized spacial score (nSPS) is 14.1. The van der Waals surface area contributed by atoms with Gasteiger partial charge in [-0.05, 0) is 12.1 Å². The molecule has 6 heteroatoms. The molecule has 0 fully saturated rings. The van der Waals surface area contributed by atoms with Crippen molar-refractivity contribution >= 4 is 23.2 Å². The van der Waals surface area contributed by atoms with Gasteiger partial charge in [0.2, 0.25) is 0 Å². The number of alkyl halides is 3. The second-order valence-corrected chi connectivity index (χ2v) is 3.47. The van der Waals surface area contributed by atoms with Gasteiger partial charge in [-0.25, -0.2) is 0 Å². The molecular formula is C8H6Cl2F3N. The molecule has 0 spiro atoms. The van der Waals surface area contributed by atoms with E-state index in [1.54, 1.807) is 0 Å². The summed E-state index contributed by atoms with van der Waals surface area (Å²) >= 11 is 11.1. The third-order valence-corrected chi connectivity index (χ3v) is 2.32. The maximum absolute atomic E-state index is 12.3. The minimum atomic E-state index is -4.55. The molecule has 14 heavy (non-hydrogen) atoms. The molecule has 0 amide bonds. The lowest BCUT2D eigenvalue weighted by molar-refractivity contribution is -0.149. The van der Waals surface area contributed by atoms with Crippen LogP contribution in [-0.2, 0) is 0 Å². The van der Waals surface area contributed by atoms with Gasteiger partial charge in [0.1, 0.15) is 6.04 Å². The van der Waals surface area contributed by atoms with E-state index in [1.807, 2.05) is 0 Å². The lowest BCUT2D eigenvalue weighted by Gasteiger charge is -2.18. The van der Waals surface area contributed by atoms with Crippen LogP contribution in [0, 0.1) is 0 Å². The van der Waals surface area contributed by atoms with Crippen LogP contribution in [0.15, 0.2) is 18.2 Å². The third kappa shape index (κ3) is 2.32. The van der Waals surface area contributed by atoms with Gasteiger partial charge in [-0.1, -0.05) is 29.3 Å². The molecule has 1 nitrogen and oxygen atoms in total. The fraction of sp³-hybridized carbons (Fsp3) is 0.250. The summed E-state index contributed by atoms with van der Waals surface area (Å²) in [5.74, 6) is 0. The van der Waals surface area contributed by atoms with E-state index >= 15 is 0 Å². The summed E-state index contributed by atoms with van der Waals surface area (Å²) < 4.78 is 36.8. The Balaban J connectivity index is 3.19. The van der Waals surface area contributed by atoms with Crippen molar-refractivity contribution in [2.75, 3.05) is 0 Å². The predicted molar refractivity (Wildman–Crippen MR) is 49.4 cm³/mol. The molecule has 0 aliphatic rings. The van der Waals surface area contributed by atoms with Gasteiger partial charge in [-0.3, -0.25) is 0 Å². The quantitative estimate of drug-likeness (QED) is 0.802. The zero-order valence-corrected chi connectivity index (χ0v) is 8.29. The lowest BCUT2D eigenvalue weighted by Crippen LogP contribution is -2.29. The topological polar surface area (TPSA) is 26.0 Å². The monoisotopic (exact) mass is 243 g/mol. The van der Waals surface area contributed by atoms with Gasteiger partial charge in [0.05, 0.1) is 0 Å². The number of nitrogens with two attached hydrogens (primary N) is 1. The first-order valence-electron chi connectivity index (χ1n) is 3.60. The summed E-state index contributed by atoms with van der Waals surface area (Å²) in [6, 6.07) is 1.93. The molecule has 1 rings (SSSR count). The molecule has 0 aromatic heterocycles. The summed E-state index contributed by atoms with van der Waals surface area (Å²) in [4.78, 5) is 0. The first-order chi connectivity index (χ1) is 6.34. The molecule has 0 bridgehead atoms. The first kappa shape index (κ1) is 11.6. The van der Waals surface area contributed by atoms with Crippen molar-refractivity contribution in [2.45, 2.75) is 12.2 Å². The Hall–Kier alpha value is -0.450. The molecule has 1 aromatic carbocycles. The van der Waals surface area contributed by atoms with E-state index in [0.717, 1.165) is 0 Å². The lowest BCUT2D eigenvalue weighted by atomic mass is 10.1. The molecule has 1 aromatic rings. The Labute approximate surface area is 88.6 Å². The molecule has 0 saturated carbocycles. The van der Waals surface area contributed by atoms with E-state index in [4.69, 9.17) is 28.9 Å². The Morgan fingerprint density at radius 1 is 1.14 bits per heavy atom. The number of halogens is 5. The van der Waals surface area contributed by atoms with E-state index in [9.17, 15) is 13.2 Å². The van der Waals surface area contributed by atoms with Crippen LogP contribution in [0.1, 0.15) is 11.6 Å². The summed E-state index contributed by atoms with van der Waals surface area (Å²) in [7, 11) is 0. The van der Waals surface area contributed by atoms with Crippen molar-refractivity contribution < 1.29 is 13.2 Å². The standard InChI is InChI=1S/C8H6Cl2F3N/c9-4-2-1-3-5(10)6(4)7(14)8(11,12)13/h1-3,7H,14H2/t7-/m0/s1. The van der Waals surface area contributed by atoms with E-state index in [2.05, 4.69) is 0 Å². The van der Waals surface area contributed by atoms with E-state index in [-0.39, 0.29) is 15.6 Å². The molecule has 78 valence electrons. The van der Waals surface area contributed by atoms with Crippen LogP contribution >= 0.6 is 23.2 Å². The zero-order chi connectivity index (χ0) is 10.9. The summed E-state index contributed by atoms with van der Waals surface area (Å²) in [6.07, 6.45) is -4.55. The van der Waals surface area contributed by atoms with Gasteiger partial charge in [-0.2, -0.15) is 13.2 Å². The van der Waals surface area contributed by atoms with E-state index < -0.39 is 12.2 Å². The molecule has 2 N–H and O–H groups in total. The Morgan fingerprint density at radius 3 is 1.93 bits per heavy atom. The summed E-state index contributed by atoms with van der Waals surface area (Å²) in [5, 5.41) is -0.162. The second kappa shape index (κ2) is 3.96. The molecule has 0 saturated heterocycles. The average Bonchev–Trinajstić information content (AvgIpc) is 2.01. The average molecular weight is 244 g/mol. The van der Waals surface area contributed by atoms with Crippen LogP contribution in [0.3, 0.4) is 0 Å². The van der Waals surface area contributed by atoms with Crippen LogP contribution in [0.25, 0.3) is 0 Å². The number of benzene rings is 1. The maximum atomic E-state index is 12.3. The SMILES string of the molecule is N[C@@H](c1c(Cl)cccc1Cl)C(F)(F)F. The van der Waals surface area contributed by atoms with Gasteiger partial charge in [0, 0.05) is 15.6 Å². The Kier molecular flexibility index (Phi) is 3.29. The fourth-order valence-corrected chi connectivity index (χ4v) is 1.60. The third-order valence-electron chi connectivity index (χ3n) is 1.66. The van der Waals surface area contributed by atoms with Crippen LogP contribution in [0.5, 0.6) is 0 Å². The second-order valence-electron chi connectivity index (χ2n) is 2.65. The number of hydrogen-bond acceptors (Lipinski definition) is 1. The van der Waals surface area contributed by atoms with Crippen LogP contribution in [0.2, 0.25) is 10.0 Å². The molecule has 0 unspecified atom stereocenters. The van der Waals surface area contributed by atoms with Crippen molar-refractivity contribution in [1.82, 2.24) is 0 Å². The molecule has 0 aliphatic heterocycles. The van der Waals surface area contributed by atoms with Crippen molar-refractivity contribution in [3.63, 3.8) is 0 Å². The number of hydrogen-bond donors (Lipinski definition) is 1. The van der Waals surface area contributed by atoms with Crippen LogP contribution in [-0.4, -0.2) is 6.18 Å². The van der Waals surface area contributed by atoms with E-state index in [0.29, 0.717) is 0 Å². The minimum Gasteiger partial charge on any atom is -0.316 e. The largest absolute Gasteiger partial charge is 0.407 e. The predicted octanol–water partition coefficient (Wildman–Crippen LogP) is 3.56. The fourth-order valence-electron chi connectivity index (χ4n) is 0.971. The van der Waals surface area contributed by atoms with Gasteiger partial charge in [-0.15, -0.1) is 0 Å². The molecular weight excluding hydrogens is 238 g/mol. The highest BCUT2D eigenvalue weighted by molar-refractivity contribution is 6.36. The van der Waals surface area contributed by atoms with Gasteiger partial charge in [0.25, 0.3) is 0 Å². The highest BCUT2D eigenvalue weighted by atomic mass is 35.5. The minimum absolute atomic E-state index is 0.0812. The smallest absolute Gasteiger partial charge is 0.316 e. The van der Waals surface area contributed by atoms with Gasteiger partial charge < -0.3 is 5.73 Å². The van der Waals surface area contributed by atoms with Gasteiger partial charge in [0.15, 0.2) is 0 Å². The highest BCUT2D eigenvalue weighted by Gasteiger charge is 2.39. The van der Waals surface area contributed by atoms with Gasteiger partial charge >= 0.3 is 6.18 Å². The Bertz CT molecular complexity index is 318.